The van der Waals surface area contributed by atoms with Gasteiger partial charge in [-0.25, -0.2) is 0 Å². The summed E-state index contributed by atoms with van der Waals surface area (Å²) < 4.78 is 0. The summed E-state index contributed by atoms with van der Waals surface area (Å²) in [4.78, 5) is 35.5. The maximum Gasteiger partial charge on any atom is 0.270 e. The summed E-state index contributed by atoms with van der Waals surface area (Å²) in [5.41, 5.74) is 0.229. The van der Waals surface area contributed by atoms with E-state index >= 15 is 0 Å². The number of carbonyl (C=O) groups is 2. The van der Waals surface area contributed by atoms with Gasteiger partial charge in [-0.05, 0) is 81.6 Å². The van der Waals surface area contributed by atoms with Crippen molar-refractivity contribution >= 4 is 17.5 Å². The van der Waals surface area contributed by atoms with Crippen molar-refractivity contribution in [3.8, 4) is 0 Å². The zero-order chi connectivity index (χ0) is 20.8. The molecule has 4 saturated carbocycles. The quantitative estimate of drug-likeness (QED) is 0.565. The van der Waals surface area contributed by atoms with E-state index in [0.717, 1.165) is 17.8 Å². The molecule has 1 aromatic rings. The first kappa shape index (κ1) is 19.9. The van der Waals surface area contributed by atoms with E-state index in [1.807, 2.05) is 0 Å². The number of non-ortho nitro benzene ring substituents is 1. The lowest BCUT2D eigenvalue weighted by atomic mass is 9.48. The second-order valence-electron chi connectivity index (χ2n) is 9.51. The smallest absolute Gasteiger partial charge is 0.270 e. The Bertz CT molecular complexity index is 802. The number of nitro benzene ring substituents is 1. The van der Waals surface area contributed by atoms with Crippen LogP contribution >= 0.6 is 0 Å². The van der Waals surface area contributed by atoms with Crippen LogP contribution in [0.3, 0.4) is 0 Å². The highest BCUT2D eigenvalue weighted by Crippen LogP contribution is 2.61. The standard InChI is InChI=1S/C22H29N3O4/c1-13(23-21(27)18-4-3-5-19(9-18)25(28)29)20(26)24-14(2)22-10-15-6-16(11-22)8-17(7-15)12-22/h3-5,9,13-17H,6-8,10-12H2,1-2H3,(H,23,27)(H,24,26)/t13-,14-,15?,16?,17?,22?/m0/s1. The van der Waals surface area contributed by atoms with Crippen LogP contribution in [0.25, 0.3) is 0 Å². The van der Waals surface area contributed by atoms with Crippen LogP contribution in [0.1, 0.15) is 62.7 Å². The molecule has 7 nitrogen and oxygen atoms in total. The minimum Gasteiger partial charge on any atom is -0.351 e. The highest BCUT2D eigenvalue weighted by atomic mass is 16.6. The SMILES string of the molecule is C[C@H](NC(=O)c1cccc([N+](=O)[O-])c1)C(=O)N[C@@H](C)C12CC3CC(CC(C3)C1)C2. The minimum absolute atomic E-state index is 0.0839. The van der Waals surface area contributed by atoms with Crippen molar-refractivity contribution in [2.45, 2.75) is 64.5 Å². The van der Waals surface area contributed by atoms with Crippen molar-refractivity contribution < 1.29 is 14.5 Å². The summed E-state index contributed by atoms with van der Waals surface area (Å²) in [6.07, 6.45) is 7.68. The van der Waals surface area contributed by atoms with Crippen LogP contribution in [-0.2, 0) is 4.79 Å². The van der Waals surface area contributed by atoms with E-state index in [4.69, 9.17) is 0 Å². The summed E-state index contributed by atoms with van der Waals surface area (Å²) in [5.74, 6) is 1.75. The first-order valence-corrected chi connectivity index (χ1v) is 10.6. The van der Waals surface area contributed by atoms with Gasteiger partial charge in [0.15, 0.2) is 0 Å². The Morgan fingerprint density at radius 2 is 1.66 bits per heavy atom. The number of hydrogen-bond acceptors (Lipinski definition) is 4. The molecule has 0 radical (unpaired) electrons. The number of nitrogens with zero attached hydrogens (tertiary/aromatic N) is 1. The number of carbonyl (C=O) groups excluding carboxylic acids is 2. The summed E-state index contributed by atoms with van der Waals surface area (Å²) in [6.45, 7) is 3.76. The van der Waals surface area contributed by atoms with Crippen LogP contribution in [0.2, 0.25) is 0 Å². The lowest BCUT2D eigenvalue weighted by Crippen LogP contribution is -2.58. The second-order valence-corrected chi connectivity index (χ2v) is 9.51. The lowest BCUT2D eigenvalue weighted by molar-refractivity contribution is -0.384. The molecule has 7 heteroatoms. The van der Waals surface area contributed by atoms with Gasteiger partial charge >= 0.3 is 0 Å². The Kier molecular flexibility index (Phi) is 5.09. The monoisotopic (exact) mass is 399 g/mol. The first-order valence-electron chi connectivity index (χ1n) is 10.6. The highest BCUT2D eigenvalue weighted by molar-refractivity contribution is 5.97. The van der Waals surface area contributed by atoms with E-state index in [-0.39, 0.29) is 28.6 Å². The zero-order valence-electron chi connectivity index (χ0n) is 17.0. The van der Waals surface area contributed by atoms with Crippen molar-refractivity contribution in [3.05, 3.63) is 39.9 Å². The highest BCUT2D eigenvalue weighted by Gasteiger charge is 2.53. The fourth-order valence-corrected chi connectivity index (χ4v) is 6.31. The Labute approximate surface area is 170 Å². The molecule has 0 saturated heterocycles. The third kappa shape index (κ3) is 3.87. The number of amides is 2. The largest absolute Gasteiger partial charge is 0.351 e. The van der Waals surface area contributed by atoms with Gasteiger partial charge in [0.05, 0.1) is 4.92 Å². The average molecular weight is 399 g/mol. The molecule has 5 rings (SSSR count). The van der Waals surface area contributed by atoms with Gasteiger partial charge < -0.3 is 10.6 Å². The molecular weight excluding hydrogens is 370 g/mol. The lowest BCUT2D eigenvalue weighted by Gasteiger charge is -2.59. The maximum absolute atomic E-state index is 12.8. The Morgan fingerprint density at radius 1 is 1.07 bits per heavy atom. The van der Waals surface area contributed by atoms with Gasteiger partial charge in [0.25, 0.3) is 11.6 Å². The number of nitro groups is 1. The second kappa shape index (κ2) is 7.43. The van der Waals surface area contributed by atoms with Gasteiger partial charge in [0.1, 0.15) is 6.04 Å². The third-order valence-electron chi connectivity index (χ3n) is 7.42. The van der Waals surface area contributed by atoms with Crippen molar-refractivity contribution in [1.82, 2.24) is 10.6 Å². The van der Waals surface area contributed by atoms with Crippen molar-refractivity contribution in [3.63, 3.8) is 0 Å². The van der Waals surface area contributed by atoms with Crippen LogP contribution in [-0.4, -0.2) is 28.8 Å². The molecule has 0 heterocycles. The van der Waals surface area contributed by atoms with E-state index in [2.05, 4.69) is 17.6 Å². The molecule has 0 spiro atoms. The van der Waals surface area contributed by atoms with Crippen LogP contribution in [0.15, 0.2) is 24.3 Å². The van der Waals surface area contributed by atoms with Gasteiger partial charge in [-0.2, -0.15) is 0 Å². The fraction of sp³-hybridized carbons (Fsp3) is 0.636. The molecular formula is C22H29N3O4. The number of nitrogens with one attached hydrogen (secondary N) is 2. The molecule has 4 bridgehead atoms. The summed E-state index contributed by atoms with van der Waals surface area (Å²) in [5, 5.41) is 16.7. The maximum atomic E-state index is 12.8. The van der Waals surface area contributed by atoms with E-state index in [9.17, 15) is 19.7 Å². The van der Waals surface area contributed by atoms with Crippen molar-refractivity contribution in [1.29, 1.82) is 0 Å². The molecule has 0 aliphatic heterocycles. The molecule has 29 heavy (non-hydrogen) atoms. The predicted molar refractivity (Wildman–Crippen MR) is 108 cm³/mol. The Hall–Kier alpha value is -2.44. The van der Waals surface area contributed by atoms with E-state index in [1.54, 1.807) is 6.92 Å². The normalized spacial score (nSPS) is 31.7. The third-order valence-corrected chi connectivity index (χ3v) is 7.42. The fourth-order valence-electron chi connectivity index (χ4n) is 6.31. The van der Waals surface area contributed by atoms with Crippen LogP contribution in [0.4, 0.5) is 5.69 Å². The molecule has 156 valence electrons. The summed E-state index contributed by atoms with van der Waals surface area (Å²) in [7, 11) is 0. The predicted octanol–water partition coefficient (Wildman–Crippen LogP) is 3.43. The van der Waals surface area contributed by atoms with Gasteiger partial charge in [0, 0.05) is 23.7 Å². The zero-order valence-corrected chi connectivity index (χ0v) is 17.0. The Morgan fingerprint density at radius 3 is 2.21 bits per heavy atom. The number of rotatable bonds is 6. The van der Waals surface area contributed by atoms with Crippen LogP contribution < -0.4 is 10.6 Å². The van der Waals surface area contributed by atoms with E-state index in [1.165, 1.54) is 62.8 Å². The molecule has 4 aliphatic rings. The first-order chi connectivity index (χ1) is 13.8. The van der Waals surface area contributed by atoms with Crippen molar-refractivity contribution in [2.75, 3.05) is 0 Å². The summed E-state index contributed by atoms with van der Waals surface area (Å²) in [6, 6.07) is 4.90. The van der Waals surface area contributed by atoms with Gasteiger partial charge in [-0.1, -0.05) is 6.07 Å². The average Bonchev–Trinajstić information content (AvgIpc) is 2.66. The molecule has 0 aromatic heterocycles. The molecule has 2 amide bonds. The molecule has 2 atom stereocenters. The van der Waals surface area contributed by atoms with E-state index < -0.39 is 16.9 Å². The van der Waals surface area contributed by atoms with Gasteiger partial charge in [-0.15, -0.1) is 0 Å². The van der Waals surface area contributed by atoms with Gasteiger partial charge in [0.2, 0.25) is 5.91 Å². The molecule has 1 aromatic carbocycles. The van der Waals surface area contributed by atoms with Crippen LogP contribution in [0.5, 0.6) is 0 Å². The summed E-state index contributed by atoms with van der Waals surface area (Å²) >= 11 is 0. The van der Waals surface area contributed by atoms with Gasteiger partial charge in [-0.3, -0.25) is 19.7 Å². The number of hydrogen-bond donors (Lipinski definition) is 2. The molecule has 4 fully saturated rings. The topological polar surface area (TPSA) is 101 Å². The van der Waals surface area contributed by atoms with E-state index in [0.29, 0.717) is 0 Å². The van der Waals surface area contributed by atoms with Crippen molar-refractivity contribution in [2.24, 2.45) is 23.2 Å². The molecule has 0 unspecified atom stereocenters. The molecule has 2 N–H and O–H groups in total. The minimum atomic E-state index is -0.710. The Balaban J connectivity index is 1.36. The van der Waals surface area contributed by atoms with Crippen LogP contribution in [0, 0.1) is 33.3 Å². The number of benzene rings is 1. The molecule has 4 aliphatic carbocycles.